The number of nitrogens with two attached hydrogens (primary N) is 1. The molecule has 1 aliphatic rings. The first-order chi connectivity index (χ1) is 9.27. The van der Waals surface area contributed by atoms with Gasteiger partial charge in [-0.25, -0.2) is 4.98 Å². The molecule has 3 nitrogen and oxygen atoms in total. The van der Waals surface area contributed by atoms with Gasteiger partial charge in [0.2, 0.25) is 0 Å². The molecule has 1 aliphatic carbocycles. The molecule has 0 saturated heterocycles. The van der Waals surface area contributed by atoms with Crippen LogP contribution in [0.4, 0.5) is 5.82 Å². The Hall–Kier alpha value is -0.990. The van der Waals surface area contributed by atoms with Crippen LogP contribution in [0.5, 0.6) is 0 Å². The highest BCUT2D eigenvalue weighted by molar-refractivity contribution is 5.39. The van der Waals surface area contributed by atoms with Crippen LogP contribution < -0.4 is 5.73 Å². The van der Waals surface area contributed by atoms with Gasteiger partial charge in [-0.3, -0.25) is 0 Å². The quantitative estimate of drug-likeness (QED) is 0.833. The number of nitrogens with zero attached hydrogens (tertiary/aromatic N) is 2. The minimum Gasteiger partial charge on any atom is -0.384 e. The van der Waals surface area contributed by atoms with Gasteiger partial charge in [0.05, 0.1) is 5.69 Å². The van der Waals surface area contributed by atoms with Crippen molar-refractivity contribution in [3.05, 3.63) is 11.5 Å². The second-order valence-electron chi connectivity index (χ2n) is 5.89. The molecule has 1 heterocycles. The molecule has 2 rings (SSSR count). The molecule has 3 heteroatoms. The number of imidazole rings is 1. The summed E-state index contributed by atoms with van der Waals surface area (Å²) in [5, 5.41) is 0. The number of aromatic nitrogens is 2. The summed E-state index contributed by atoms with van der Waals surface area (Å²) in [6, 6.07) is 0. The first kappa shape index (κ1) is 14.4. The molecule has 0 unspecified atom stereocenters. The standard InChI is InChI=1S/C16H29N3/c1-3-5-12-19-15(17)14(9-4-2)18-16(19)13-10-7-6-8-11-13/h13H,3-12,17H2,1-2H3. The van der Waals surface area contributed by atoms with Crippen molar-refractivity contribution < 1.29 is 0 Å². The van der Waals surface area contributed by atoms with Gasteiger partial charge in [0.15, 0.2) is 0 Å². The van der Waals surface area contributed by atoms with Gasteiger partial charge in [0.1, 0.15) is 11.6 Å². The van der Waals surface area contributed by atoms with Crippen LogP contribution in [0.1, 0.15) is 82.7 Å². The summed E-state index contributed by atoms with van der Waals surface area (Å²) in [4.78, 5) is 4.91. The summed E-state index contributed by atoms with van der Waals surface area (Å²) in [5.74, 6) is 2.88. The smallest absolute Gasteiger partial charge is 0.126 e. The highest BCUT2D eigenvalue weighted by atomic mass is 15.1. The summed E-state index contributed by atoms with van der Waals surface area (Å²) in [6.07, 6.45) is 11.3. The summed E-state index contributed by atoms with van der Waals surface area (Å²) in [5.41, 5.74) is 7.48. The van der Waals surface area contributed by atoms with Crippen LogP contribution >= 0.6 is 0 Å². The zero-order chi connectivity index (χ0) is 13.7. The zero-order valence-corrected chi connectivity index (χ0v) is 12.6. The predicted molar refractivity (Wildman–Crippen MR) is 81.4 cm³/mol. The summed E-state index contributed by atoms with van der Waals surface area (Å²) in [6.45, 7) is 5.48. The number of nitrogen functional groups attached to an aromatic ring is 1. The van der Waals surface area contributed by atoms with Crippen LogP contribution in [0.3, 0.4) is 0 Å². The number of unbranched alkanes of at least 4 members (excludes halogenated alkanes) is 1. The number of anilines is 1. The monoisotopic (exact) mass is 263 g/mol. The highest BCUT2D eigenvalue weighted by Crippen LogP contribution is 2.34. The van der Waals surface area contributed by atoms with E-state index in [-0.39, 0.29) is 0 Å². The Morgan fingerprint density at radius 3 is 2.53 bits per heavy atom. The van der Waals surface area contributed by atoms with E-state index in [1.807, 2.05) is 0 Å². The molecule has 1 aromatic rings. The Kier molecular flexibility index (Phi) is 5.29. The number of hydrogen-bond acceptors (Lipinski definition) is 2. The molecular weight excluding hydrogens is 234 g/mol. The van der Waals surface area contributed by atoms with Crippen molar-refractivity contribution in [2.45, 2.75) is 84.1 Å². The van der Waals surface area contributed by atoms with E-state index in [0.717, 1.165) is 30.9 Å². The minimum absolute atomic E-state index is 0.651. The third-order valence-corrected chi connectivity index (χ3v) is 4.30. The first-order valence-corrected chi connectivity index (χ1v) is 8.12. The van der Waals surface area contributed by atoms with E-state index in [9.17, 15) is 0 Å². The van der Waals surface area contributed by atoms with Crippen LogP contribution in [-0.4, -0.2) is 9.55 Å². The average molecular weight is 263 g/mol. The lowest BCUT2D eigenvalue weighted by molar-refractivity contribution is 0.413. The largest absolute Gasteiger partial charge is 0.384 e. The van der Waals surface area contributed by atoms with Crippen molar-refractivity contribution >= 4 is 5.82 Å². The summed E-state index contributed by atoms with van der Waals surface area (Å²) < 4.78 is 2.32. The maximum absolute atomic E-state index is 6.34. The van der Waals surface area contributed by atoms with Gasteiger partial charge in [-0.05, 0) is 25.7 Å². The Labute approximate surface area is 117 Å². The van der Waals surface area contributed by atoms with Crippen molar-refractivity contribution in [1.29, 1.82) is 0 Å². The van der Waals surface area contributed by atoms with Gasteiger partial charge in [-0.1, -0.05) is 46.0 Å². The van der Waals surface area contributed by atoms with Gasteiger partial charge in [-0.2, -0.15) is 0 Å². The molecule has 0 aliphatic heterocycles. The van der Waals surface area contributed by atoms with E-state index in [4.69, 9.17) is 10.7 Å². The number of rotatable bonds is 6. The zero-order valence-electron chi connectivity index (χ0n) is 12.6. The molecule has 1 fully saturated rings. The van der Waals surface area contributed by atoms with Crippen molar-refractivity contribution in [3.63, 3.8) is 0 Å². The molecular formula is C16H29N3. The third-order valence-electron chi connectivity index (χ3n) is 4.30. The Bertz CT molecular complexity index is 389. The van der Waals surface area contributed by atoms with E-state index >= 15 is 0 Å². The van der Waals surface area contributed by atoms with Gasteiger partial charge < -0.3 is 10.3 Å². The summed E-state index contributed by atoms with van der Waals surface area (Å²) in [7, 11) is 0. The fourth-order valence-electron chi connectivity index (χ4n) is 3.18. The Balaban J connectivity index is 2.24. The van der Waals surface area contributed by atoms with E-state index in [2.05, 4.69) is 18.4 Å². The lowest BCUT2D eigenvalue weighted by Crippen LogP contribution is -2.14. The fourth-order valence-corrected chi connectivity index (χ4v) is 3.18. The van der Waals surface area contributed by atoms with Gasteiger partial charge in [-0.15, -0.1) is 0 Å². The highest BCUT2D eigenvalue weighted by Gasteiger charge is 2.23. The fraction of sp³-hybridized carbons (Fsp3) is 0.812. The van der Waals surface area contributed by atoms with Crippen molar-refractivity contribution in [3.8, 4) is 0 Å². The average Bonchev–Trinajstić information content (AvgIpc) is 2.75. The predicted octanol–water partition coefficient (Wildman–Crippen LogP) is 4.27. The second-order valence-corrected chi connectivity index (χ2v) is 5.89. The third kappa shape index (κ3) is 3.31. The van der Waals surface area contributed by atoms with Gasteiger partial charge in [0.25, 0.3) is 0 Å². The Morgan fingerprint density at radius 2 is 1.89 bits per heavy atom. The maximum Gasteiger partial charge on any atom is 0.126 e. The molecule has 0 amide bonds. The van der Waals surface area contributed by atoms with Crippen LogP contribution in [-0.2, 0) is 13.0 Å². The van der Waals surface area contributed by atoms with Crippen molar-refractivity contribution in [2.75, 3.05) is 5.73 Å². The van der Waals surface area contributed by atoms with E-state index in [1.54, 1.807) is 0 Å². The molecule has 108 valence electrons. The minimum atomic E-state index is 0.651. The van der Waals surface area contributed by atoms with E-state index < -0.39 is 0 Å². The SMILES string of the molecule is CCCCn1c(C2CCCCC2)nc(CCC)c1N. The molecule has 1 saturated carbocycles. The van der Waals surface area contributed by atoms with Crippen molar-refractivity contribution in [2.24, 2.45) is 0 Å². The van der Waals surface area contributed by atoms with Crippen LogP contribution in [0.2, 0.25) is 0 Å². The lowest BCUT2D eigenvalue weighted by Gasteiger charge is -2.22. The van der Waals surface area contributed by atoms with Gasteiger partial charge >= 0.3 is 0 Å². The molecule has 0 bridgehead atoms. The van der Waals surface area contributed by atoms with Gasteiger partial charge in [0, 0.05) is 12.5 Å². The first-order valence-electron chi connectivity index (χ1n) is 8.12. The molecule has 0 atom stereocenters. The number of aryl methyl sites for hydroxylation is 1. The maximum atomic E-state index is 6.34. The number of hydrogen-bond donors (Lipinski definition) is 1. The van der Waals surface area contributed by atoms with Crippen molar-refractivity contribution in [1.82, 2.24) is 9.55 Å². The van der Waals surface area contributed by atoms with Crippen LogP contribution in [0.15, 0.2) is 0 Å². The molecule has 0 spiro atoms. The van der Waals surface area contributed by atoms with E-state index in [1.165, 1.54) is 50.8 Å². The molecule has 19 heavy (non-hydrogen) atoms. The molecule has 0 aromatic carbocycles. The van der Waals surface area contributed by atoms with Crippen LogP contribution in [0.25, 0.3) is 0 Å². The lowest BCUT2D eigenvalue weighted by atomic mass is 9.88. The van der Waals surface area contributed by atoms with E-state index in [0.29, 0.717) is 5.92 Å². The molecule has 0 radical (unpaired) electrons. The normalized spacial score (nSPS) is 16.9. The second kappa shape index (κ2) is 6.97. The topological polar surface area (TPSA) is 43.8 Å². The molecule has 2 N–H and O–H groups in total. The summed E-state index contributed by atoms with van der Waals surface area (Å²) >= 11 is 0. The van der Waals surface area contributed by atoms with Crippen LogP contribution in [0, 0.1) is 0 Å². The Morgan fingerprint density at radius 1 is 1.16 bits per heavy atom. The molecule has 1 aromatic heterocycles.